The first kappa shape index (κ1) is 10.7. The molecule has 1 aromatic heterocycles. The number of hydrogen-bond acceptors (Lipinski definition) is 5. The van der Waals surface area contributed by atoms with Gasteiger partial charge in [-0.2, -0.15) is 4.98 Å². The fourth-order valence-electron chi connectivity index (χ4n) is 0.908. The highest BCUT2D eigenvalue weighted by Gasteiger charge is 2.17. The number of rotatable bonds is 4. The van der Waals surface area contributed by atoms with Gasteiger partial charge in [-0.15, -0.1) is 0 Å². The predicted molar refractivity (Wildman–Crippen MR) is 49.7 cm³/mol. The average Bonchev–Trinajstić information content (AvgIpc) is 2.53. The Hall–Kier alpha value is -1.40. The summed E-state index contributed by atoms with van der Waals surface area (Å²) in [4.78, 5) is 15.3. The Labute approximate surface area is 81.4 Å². The molecule has 1 amide bonds. The van der Waals surface area contributed by atoms with Crippen LogP contribution in [0, 0.1) is 6.92 Å². The molecule has 0 saturated carbocycles. The van der Waals surface area contributed by atoms with E-state index in [2.05, 4.69) is 10.3 Å². The summed E-state index contributed by atoms with van der Waals surface area (Å²) in [6, 6.07) is 0.156. The van der Waals surface area contributed by atoms with Gasteiger partial charge in [0.05, 0.1) is 5.69 Å². The number of amides is 1. The van der Waals surface area contributed by atoms with Gasteiger partial charge >= 0.3 is 6.01 Å². The molecular formula is C8H13N3O3. The van der Waals surface area contributed by atoms with Crippen LogP contribution in [0.15, 0.2) is 10.7 Å². The number of carbonyl (C=O) groups is 1. The van der Waals surface area contributed by atoms with Crippen LogP contribution in [0.4, 0.5) is 6.01 Å². The van der Waals surface area contributed by atoms with Gasteiger partial charge in [0, 0.05) is 13.7 Å². The zero-order valence-corrected chi connectivity index (χ0v) is 8.11. The van der Waals surface area contributed by atoms with Crippen molar-refractivity contribution in [3.8, 4) is 0 Å². The lowest BCUT2D eigenvalue weighted by Gasteiger charge is -2.10. The Morgan fingerprint density at radius 1 is 1.86 bits per heavy atom. The molecule has 14 heavy (non-hydrogen) atoms. The maximum atomic E-state index is 11.4. The number of aryl methyl sites for hydroxylation is 1. The number of anilines is 1. The largest absolute Gasteiger partial charge is 0.432 e. The third-order valence-electron chi connectivity index (χ3n) is 1.64. The lowest BCUT2D eigenvalue weighted by atomic mass is 10.3. The summed E-state index contributed by atoms with van der Waals surface area (Å²) in [6.45, 7) is 1.87. The van der Waals surface area contributed by atoms with Crippen LogP contribution >= 0.6 is 0 Å². The van der Waals surface area contributed by atoms with Gasteiger partial charge < -0.3 is 14.9 Å². The molecule has 78 valence electrons. The summed E-state index contributed by atoms with van der Waals surface area (Å²) < 4.78 is 9.77. The van der Waals surface area contributed by atoms with Gasteiger partial charge in [0.15, 0.2) is 0 Å². The molecule has 0 radical (unpaired) electrons. The lowest BCUT2D eigenvalue weighted by molar-refractivity contribution is -0.125. The van der Waals surface area contributed by atoms with Crippen molar-refractivity contribution in [3.05, 3.63) is 12.0 Å². The second-order valence-electron chi connectivity index (χ2n) is 2.74. The molecule has 0 aliphatic rings. The average molecular weight is 199 g/mol. The van der Waals surface area contributed by atoms with Gasteiger partial charge in [-0.05, 0) is 6.92 Å². The number of oxazole rings is 1. The second kappa shape index (κ2) is 4.73. The number of nitrogens with one attached hydrogen (secondary N) is 1. The maximum absolute atomic E-state index is 11.4. The van der Waals surface area contributed by atoms with Gasteiger partial charge in [-0.3, -0.25) is 10.1 Å². The third kappa shape index (κ3) is 2.54. The second-order valence-corrected chi connectivity index (χ2v) is 2.74. The zero-order valence-electron chi connectivity index (χ0n) is 8.11. The zero-order chi connectivity index (χ0) is 10.6. The SMILES string of the molecule is COC(CN)C(=O)Nc1nc(C)co1. The molecule has 0 saturated heterocycles. The van der Waals surface area contributed by atoms with E-state index in [4.69, 9.17) is 14.9 Å². The van der Waals surface area contributed by atoms with Crippen molar-refractivity contribution in [3.63, 3.8) is 0 Å². The minimum absolute atomic E-state index is 0.113. The van der Waals surface area contributed by atoms with Crippen LogP contribution in [0.2, 0.25) is 0 Å². The van der Waals surface area contributed by atoms with E-state index in [-0.39, 0.29) is 18.5 Å². The summed E-state index contributed by atoms with van der Waals surface area (Å²) in [7, 11) is 1.41. The Morgan fingerprint density at radius 2 is 2.57 bits per heavy atom. The molecule has 0 aromatic carbocycles. The van der Waals surface area contributed by atoms with Gasteiger partial charge in [-0.1, -0.05) is 0 Å². The van der Waals surface area contributed by atoms with E-state index in [1.807, 2.05) is 0 Å². The van der Waals surface area contributed by atoms with Gasteiger partial charge in [0.1, 0.15) is 12.4 Å². The van der Waals surface area contributed by atoms with E-state index in [0.29, 0.717) is 5.69 Å². The van der Waals surface area contributed by atoms with Crippen LogP contribution in [0.25, 0.3) is 0 Å². The van der Waals surface area contributed by atoms with Crippen LogP contribution in [0.5, 0.6) is 0 Å². The van der Waals surface area contributed by atoms with E-state index in [1.165, 1.54) is 13.4 Å². The first-order valence-electron chi connectivity index (χ1n) is 4.13. The number of aromatic nitrogens is 1. The van der Waals surface area contributed by atoms with E-state index < -0.39 is 6.10 Å². The normalized spacial score (nSPS) is 12.5. The highest BCUT2D eigenvalue weighted by atomic mass is 16.5. The number of ether oxygens (including phenoxy) is 1. The van der Waals surface area contributed by atoms with Gasteiger partial charge in [0.25, 0.3) is 5.91 Å². The highest BCUT2D eigenvalue weighted by molar-refractivity contribution is 5.92. The van der Waals surface area contributed by atoms with E-state index >= 15 is 0 Å². The Bertz CT molecular complexity index is 307. The van der Waals surface area contributed by atoms with Crippen molar-refractivity contribution in [2.75, 3.05) is 19.0 Å². The molecule has 0 spiro atoms. The summed E-state index contributed by atoms with van der Waals surface area (Å²) in [6.07, 6.45) is 0.766. The standard InChI is InChI=1S/C8H13N3O3/c1-5-4-14-8(10-5)11-7(12)6(3-9)13-2/h4,6H,3,9H2,1-2H3,(H,10,11,12). The molecule has 0 bridgehead atoms. The number of nitrogens with two attached hydrogens (primary N) is 1. The molecule has 0 fully saturated rings. The molecule has 1 atom stereocenters. The lowest BCUT2D eigenvalue weighted by Crippen LogP contribution is -2.35. The summed E-state index contributed by atoms with van der Waals surface area (Å²) in [5.41, 5.74) is 6.00. The predicted octanol–water partition coefficient (Wildman–Crippen LogP) is -0.105. The molecule has 3 N–H and O–H groups in total. The van der Waals surface area contributed by atoms with E-state index in [9.17, 15) is 4.79 Å². The summed E-state index contributed by atoms with van der Waals surface area (Å²) >= 11 is 0. The molecule has 0 aliphatic carbocycles. The Morgan fingerprint density at radius 3 is 3.00 bits per heavy atom. The Balaban J connectivity index is 2.56. The fourth-order valence-corrected chi connectivity index (χ4v) is 0.908. The maximum Gasteiger partial charge on any atom is 0.301 e. The van der Waals surface area contributed by atoms with Crippen LogP contribution in [-0.2, 0) is 9.53 Å². The van der Waals surface area contributed by atoms with Gasteiger partial charge in [0.2, 0.25) is 0 Å². The minimum atomic E-state index is -0.679. The Kier molecular flexibility index (Phi) is 3.61. The quantitative estimate of drug-likeness (QED) is 0.706. The van der Waals surface area contributed by atoms with E-state index in [0.717, 1.165) is 0 Å². The fraction of sp³-hybridized carbons (Fsp3) is 0.500. The van der Waals surface area contributed by atoms with Crippen LogP contribution in [0.1, 0.15) is 5.69 Å². The number of nitrogens with zero attached hydrogens (tertiary/aromatic N) is 1. The molecule has 1 rings (SSSR count). The van der Waals surface area contributed by atoms with Crippen LogP contribution in [-0.4, -0.2) is 30.6 Å². The van der Waals surface area contributed by atoms with Crippen molar-refractivity contribution < 1.29 is 13.9 Å². The highest BCUT2D eigenvalue weighted by Crippen LogP contribution is 2.06. The molecule has 1 heterocycles. The number of methoxy groups -OCH3 is 1. The number of hydrogen-bond donors (Lipinski definition) is 2. The van der Waals surface area contributed by atoms with Gasteiger partial charge in [-0.25, -0.2) is 0 Å². The minimum Gasteiger partial charge on any atom is -0.432 e. The molecular weight excluding hydrogens is 186 g/mol. The molecule has 6 nitrogen and oxygen atoms in total. The molecule has 1 unspecified atom stereocenters. The summed E-state index contributed by atoms with van der Waals surface area (Å²) in [5, 5.41) is 2.44. The first-order chi connectivity index (χ1) is 6.67. The molecule has 1 aromatic rings. The molecule has 0 aliphatic heterocycles. The number of carbonyl (C=O) groups excluding carboxylic acids is 1. The molecule has 6 heteroatoms. The monoisotopic (exact) mass is 199 g/mol. The van der Waals surface area contributed by atoms with Crippen LogP contribution < -0.4 is 11.1 Å². The first-order valence-corrected chi connectivity index (χ1v) is 4.13. The van der Waals surface area contributed by atoms with E-state index in [1.54, 1.807) is 6.92 Å². The third-order valence-corrected chi connectivity index (χ3v) is 1.64. The van der Waals surface area contributed by atoms with Crippen molar-refractivity contribution in [1.29, 1.82) is 0 Å². The summed E-state index contributed by atoms with van der Waals surface area (Å²) in [5.74, 6) is -0.364. The smallest absolute Gasteiger partial charge is 0.301 e. The van der Waals surface area contributed by atoms with Crippen molar-refractivity contribution in [1.82, 2.24) is 4.98 Å². The van der Waals surface area contributed by atoms with Crippen molar-refractivity contribution >= 4 is 11.9 Å². The van der Waals surface area contributed by atoms with Crippen molar-refractivity contribution in [2.24, 2.45) is 5.73 Å². The topological polar surface area (TPSA) is 90.4 Å². The van der Waals surface area contributed by atoms with Crippen LogP contribution in [0.3, 0.4) is 0 Å². The van der Waals surface area contributed by atoms with Crippen molar-refractivity contribution in [2.45, 2.75) is 13.0 Å².